The summed E-state index contributed by atoms with van der Waals surface area (Å²) in [6.07, 6.45) is -2.75. The summed E-state index contributed by atoms with van der Waals surface area (Å²) in [5.41, 5.74) is -1.16. The summed E-state index contributed by atoms with van der Waals surface area (Å²) in [5, 5.41) is 4.12. The van der Waals surface area contributed by atoms with E-state index < -0.39 is 23.1 Å². The van der Waals surface area contributed by atoms with Crippen LogP contribution >= 0.6 is 0 Å². The highest BCUT2D eigenvalue weighted by molar-refractivity contribution is 5.92. The molecule has 0 aliphatic heterocycles. The number of carbonyl (C=O) groups is 1. The third-order valence-corrected chi connectivity index (χ3v) is 4.46. The number of hydrogen-bond acceptors (Lipinski definition) is 3. The number of alkyl halides is 3. The lowest BCUT2D eigenvalue weighted by molar-refractivity contribution is -0.137. The Morgan fingerprint density at radius 1 is 1.26 bits per heavy atom. The molecule has 1 aliphatic rings. The van der Waals surface area contributed by atoms with Crippen molar-refractivity contribution in [2.45, 2.75) is 51.9 Å². The monoisotopic (exact) mass is 379 g/mol. The zero-order valence-corrected chi connectivity index (χ0v) is 15.2. The number of amides is 1. The fourth-order valence-corrected chi connectivity index (χ4v) is 3.07. The summed E-state index contributed by atoms with van der Waals surface area (Å²) < 4.78 is 40.2. The second kappa shape index (κ2) is 6.83. The molecular weight excluding hydrogens is 359 g/mol. The Hall–Kier alpha value is -2.64. The van der Waals surface area contributed by atoms with Gasteiger partial charge in [0, 0.05) is 23.8 Å². The quantitative estimate of drug-likeness (QED) is 0.816. The van der Waals surface area contributed by atoms with Crippen LogP contribution in [0.2, 0.25) is 0 Å². The van der Waals surface area contributed by atoms with Gasteiger partial charge in [0.05, 0.1) is 11.3 Å². The molecule has 0 radical (unpaired) electrons. The van der Waals surface area contributed by atoms with Crippen molar-refractivity contribution >= 4 is 5.91 Å². The minimum absolute atomic E-state index is 0.0852. The first-order chi connectivity index (χ1) is 12.6. The highest BCUT2D eigenvalue weighted by Crippen LogP contribution is 2.31. The molecule has 5 nitrogen and oxygen atoms in total. The van der Waals surface area contributed by atoms with Crippen molar-refractivity contribution in [2.75, 3.05) is 0 Å². The lowest BCUT2D eigenvalue weighted by Gasteiger charge is -2.26. The average molecular weight is 379 g/mol. The zero-order chi connectivity index (χ0) is 19.9. The van der Waals surface area contributed by atoms with Crippen molar-refractivity contribution in [3.8, 4) is 5.69 Å². The Bertz CT molecular complexity index is 929. The second-order valence-electron chi connectivity index (χ2n) is 7.00. The van der Waals surface area contributed by atoms with Crippen molar-refractivity contribution < 1.29 is 18.0 Å². The van der Waals surface area contributed by atoms with Crippen LogP contribution < -0.4 is 5.43 Å². The number of aryl methyl sites for hydroxylation is 1. The molecule has 8 heteroatoms. The molecule has 1 fully saturated rings. The number of rotatable bonds is 4. The number of halogens is 3. The molecule has 2 aromatic rings. The molecule has 0 unspecified atom stereocenters. The van der Waals surface area contributed by atoms with Crippen LogP contribution in [0.25, 0.3) is 5.69 Å². The number of aromatic nitrogens is 2. The summed E-state index contributed by atoms with van der Waals surface area (Å²) in [6.45, 7) is 5.27. The number of benzene rings is 1. The van der Waals surface area contributed by atoms with Crippen LogP contribution in [0.4, 0.5) is 13.2 Å². The first kappa shape index (κ1) is 19.1. The normalized spacial score (nSPS) is 14.5. The standard InChI is InChI=1S/C19H20F3N3O2/c1-11(2)24(14-7-8-14)18(27)17-16(26)9-12(3)25(23-17)15-6-4-5-13(10-15)19(20,21)22/h4-6,9-11,14H,7-8H2,1-3H3. The fraction of sp³-hybridized carbons (Fsp3) is 0.421. The van der Waals surface area contributed by atoms with Gasteiger partial charge in [0.1, 0.15) is 0 Å². The molecule has 1 aromatic heterocycles. The van der Waals surface area contributed by atoms with Crippen molar-refractivity contribution in [1.29, 1.82) is 0 Å². The SMILES string of the molecule is Cc1cc(=O)c(C(=O)N(C(C)C)C2CC2)nn1-c1cccc(C(F)(F)F)c1. The molecule has 0 saturated heterocycles. The van der Waals surface area contributed by atoms with Gasteiger partial charge >= 0.3 is 6.18 Å². The summed E-state index contributed by atoms with van der Waals surface area (Å²) in [7, 11) is 0. The molecule has 3 rings (SSSR count). The molecule has 1 heterocycles. The van der Waals surface area contributed by atoms with Gasteiger partial charge < -0.3 is 4.90 Å². The Morgan fingerprint density at radius 3 is 2.48 bits per heavy atom. The predicted octanol–water partition coefficient (Wildman–Crippen LogP) is 3.57. The molecule has 0 N–H and O–H groups in total. The van der Waals surface area contributed by atoms with Crippen LogP contribution in [-0.4, -0.2) is 32.7 Å². The fourth-order valence-electron chi connectivity index (χ4n) is 3.07. The van der Waals surface area contributed by atoms with E-state index in [9.17, 15) is 22.8 Å². The van der Waals surface area contributed by atoms with E-state index in [2.05, 4.69) is 5.10 Å². The van der Waals surface area contributed by atoms with E-state index in [4.69, 9.17) is 0 Å². The van der Waals surface area contributed by atoms with Crippen molar-refractivity contribution in [3.05, 3.63) is 57.5 Å². The van der Waals surface area contributed by atoms with E-state index in [1.165, 1.54) is 22.9 Å². The lowest BCUT2D eigenvalue weighted by Crippen LogP contribution is -2.42. The summed E-state index contributed by atoms with van der Waals surface area (Å²) in [4.78, 5) is 26.9. The average Bonchev–Trinajstić information content (AvgIpc) is 3.38. The molecule has 0 bridgehead atoms. The summed E-state index contributed by atoms with van der Waals surface area (Å²) in [5.74, 6) is -0.488. The van der Waals surface area contributed by atoms with Crippen LogP contribution in [0.3, 0.4) is 0 Å². The van der Waals surface area contributed by atoms with Crippen LogP contribution in [-0.2, 0) is 6.18 Å². The topological polar surface area (TPSA) is 55.2 Å². The van der Waals surface area contributed by atoms with Gasteiger partial charge in [-0.05, 0) is 51.8 Å². The maximum atomic E-state index is 13.0. The van der Waals surface area contributed by atoms with E-state index in [1.54, 1.807) is 11.8 Å². The third-order valence-electron chi connectivity index (χ3n) is 4.46. The van der Waals surface area contributed by atoms with Crippen LogP contribution in [0.15, 0.2) is 35.1 Å². The predicted molar refractivity (Wildman–Crippen MR) is 93.9 cm³/mol. The smallest absolute Gasteiger partial charge is 0.332 e. The second-order valence-corrected chi connectivity index (χ2v) is 7.00. The zero-order valence-electron chi connectivity index (χ0n) is 15.2. The molecule has 1 amide bonds. The van der Waals surface area contributed by atoms with E-state index in [0.717, 1.165) is 25.0 Å². The van der Waals surface area contributed by atoms with Gasteiger partial charge in [-0.25, -0.2) is 4.68 Å². The maximum Gasteiger partial charge on any atom is 0.416 e. The number of hydrogen-bond donors (Lipinski definition) is 0. The third kappa shape index (κ3) is 3.89. The van der Waals surface area contributed by atoms with Crippen molar-refractivity contribution in [3.63, 3.8) is 0 Å². The first-order valence-corrected chi connectivity index (χ1v) is 8.71. The van der Waals surface area contributed by atoms with E-state index in [-0.39, 0.29) is 23.5 Å². The summed E-state index contributed by atoms with van der Waals surface area (Å²) >= 11 is 0. The molecule has 1 aliphatic carbocycles. The van der Waals surface area contributed by atoms with Crippen molar-refractivity contribution in [2.24, 2.45) is 0 Å². The minimum atomic E-state index is -4.50. The van der Waals surface area contributed by atoms with Gasteiger partial charge in [0.2, 0.25) is 5.43 Å². The van der Waals surface area contributed by atoms with Gasteiger partial charge in [-0.2, -0.15) is 18.3 Å². The number of nitrogens with zero attached hydrogens (tertiary/aromatic N) is 3. The van der Waals surface area contributed by atoms with Crippen LogP contribution in [0.1, 0.15) is 48.4 Å². The highest BCUT2D eigenvalue weighted by atomic mass is 19.4. The summed E-state index contributed by atoms with van der Waals surface area (Å²) in [6, 6.07) is 5.84. The largest absolute Gasteiger partial charge is 0.416 e. The van der Waals surface area contributed by atoms with E-state index in [1.807, 2.05) is 13.8 Å². The Balaban J connectivity index is 2.07. The van der Waals surface area contributed by atoms with Gasteiger partial charge in [0.15, 0.2) is 5.69 Å². The molecule has 0 atom stereocenters. The molecule has 0 spiro atoms. The Kier molecular flexibility index (Phi) is 4.84. The van der Waals surface area contributed by atoms with Crippen LogP contribution in [0, 0.1) is 6.92 Å². The molecule has 1 saturated carbocycles. The van der Waals surface area contributed by atoms with Crippen molar-refractivity contribution in [1.82, 2.24) is 14.7 Å². The van der Waals surface area contributed by atoms with Gasteiger partial charge in [0.25, 0.3) is 5.91 Å². The molecule has 27 heavy (non-hydrogen) atoms. The lowest BCUT2D eigenvalue weighted by atomic mass is 10.2. The number of carbonyl (C=O) groups excluding carboxylic acids is 1. The van der Waals surface area contributed by atoms with Gasteiger partial charge in [-0.15, -0.1) is 0 Å². The van der Waals surface area contributed by atoms with Gasteiger partial charge in [-0.3, -0.25) is 9.59 Å². The molecule has 144 valence electrons. The Morgan fingerprint density at radius 2 is 1.93 bits per heavy atom. The van der Waals surface area contributed by atoms with E-state index in [0.29, 0.717) is 5.69 Å². The first-order valence-electron chi connectivity index (χ1n) is 8.71. The molecular formula is C19H20F3N3O2. The maximum absolute atomic E-state index is 13.0. The minimum Gasteiger partial charge on any atom is -0.332 e. The highest BCUT2D eigenvalue weighted by Gasteiger charge is 2.36. The molecule has 1 aromatic carbocycles. The Labute approximate surface area is 154 Å². The van der Waals surface area contributed by atoms with Crippen LogP contribution in [0.5, 0.6) is 0 Å². The van der Waals surface area contributed by atoms with E-state index >= 15 is 0 Å². The van der Waals surface area contributed by atoms with Gasteiger partial charge in [-0.1, -0.05) is 6.07 Å².